The Bertz CT molecular complexity index is 554. The minimum absolute atomic E-state index is 0.0995. The van der Waals surface area contributed by atoms with Gasteiger partial charge in [0, 0.05) is 12.0 Å². The average molecular weight is 245 g/mol. The van der Waals surface area contributed by atoms with Crippen LogP contribution in [0, 0.1) is 0 Å². The van der Waals surface area contributed by atoms with Gasteiger partial charge in [0.15, 0.2) is 5.65 Å². The minimum atomic E-state index is -0.0995. The maximum atomic E-state index is 6.44. The van der Waals surface area contributed by atoms with E-state index in [-0.39, 0.29) is 5.54 Å². The van der Waals surface area contributed by atoms with Gasteiger partial charge in [-0.1, -0.05) is 19.3 Å². The summed E-state index contributed by atoms with van der Waals surface area (Å²) in [7, 11) is 0. The lowest BCUT2D eigenvalue weighted by Gasteiger charge is -2.32. The summed E-state index contributed by atoms with van der Waals surface area (Å²) in [5.74, 6) is 1.42. The molecule has 1 fully saturated rings. The van der Waals surface area contributed by atoms with Crippen molar-refractivity contribution in [1.29, 1.82) is 0 Å². The molecule has 2 heterocycles. The topological polar surface area (TPSA) is 93.6 Å². The van der Waals surface area contributed by atoms with Crippen LogP contribution < -0.4 is 11.5 Å². The number of fused-ring (bicyclic) bond motifs is 1. The molecule has 0 atom stereocenters. The van der Waals surface area contributed by atoms with Gasteiger partial charge in [-0.2, -0.15) is 0 Å². The van der Waals surface area contributed by atoms with E-state index in [4.69, 9.17) is 11.5 Å². The maximum absolute atomic E-state index is 6.44. The zero-order valence-corrected chi connectivity index (χ0v) is 10.4. The number of aromatic amines is 1. The third-order valence-corrected chi connectivity index (χ3v) is 3.79. The molecule has 0 saturated heterocycles. The van der Waals surface area contributed by atoms with Gasteiger partial charge in [-0.3, -0.25) is 0 Å². The fourth-order valence-corrected chi connectivity index (χ4v) is 2.81. The number of aromatic nitrogens is 3. The molecule has 0 unspecified atom stereocenters. The summed E-state index contributed by atoms with van der Waals surface area (Å²) < 4.78 is 0. The quantitative estimate of drug-likeness (QED) is 0.751. The molecule has 3 rings (SSSR count). The van der Waals surface area contributed by atoms with Crippen molar-refractivity contribution >= 4 is 17.0 Å². The van der Waals surface area contributed by atoms with Crippen LogP contribution in [0.4, 0.5) is 5.82 Å². The summed E-state index contributed by atoms with van der Waals surface area (Å²) in [5, 5.41) is 0. The van der Waals surface area contributed by atoms with Crippen molar-refractivity contribution < 1.29 is 0 Å². The molecule has 2 aromatic rings. The molecule has 0 spiro atoms. The van der Waals surface area contributed by atoms with Gasteiger partial charge in [-0.05, 0) is 25.0 Å². The number of hydrogen-bond acceptors (Lipinski definition) is 4. The molecule has 96 valence electrons. The Kier molecular flexibility index (Phi) is 2.70. The molecule has 0 radical (unpaired) electrons. The fraction of sp³-hybridized carbons (Fsp3) is 0.538. The number of nitrogens with one attached hydrogen (secondary N) is 1. The second kappa shape index (κ2) is 4.24. The fourth-order valence-electron chi connectivity index (χ4n) is 2.81. The summed E-state index contributed by atoms with van der Waals surface area (Å²) in [6.07, 6.45) is 6.71. The molecule has 0 aliphatic heterocycles. The highest BCUT2D eigenvalue weighted by Crippen LogP contribution is 2.28. The van der Waals surface area contributed by atoms with Gasteiger partial charge in [-0.25, -0.2) is 9.97 Å². The van der Waals surface area contributed by atoms with Gasteiger partial charge in [0.2, 0.25) is 0 Å². The maximum Gasteiger partial charge on any atom is 0.179 e. The molecule has 18 heavy (non-hydrogen) atoms. The van der Waals surface area contributed by atoms with Crippen LogP contribution >= 0.6 is 0 Å². The van der Waals surface area contributed by atoms with Crippen LogP contribution in [0.3, 0.4) is 0 Å². The number of imidazole rings is 1. The van der Waals surface area contributed by atoms with E-state index in [2.05, 4.69) is 15.0 Å². The molecule has 1 aliphatic rings. The average Bonchev–Trinajstić information content (AvgIpc) is 2.70. The first-order chi connectivity index (χ1) is 8.65. The van der Waals surface area contributed by atoms with Crippen molar-refractivity contribution in [1.82, 2.24) is 15.0 Å². The Morgan fingerprint density at radius 1 is 1.17 bits per heavy atom. The third kappa shape index (κ3) is 2.18. The van der Waals surface area contributed by atoms with E-state index in [0.29, 0.717) is 11.5 Å². The Morgan fingerprint density at radius 2 is 1.94 bits per heavy atom. The lowest BCUT2D eigenvalue weighted by molar-refractivity contribution is 0.290. The Labute approximate surface area is 106 Å². The van der Waals surface area contributed by atoms with Crippen molar-refractivity contribution in [2.45, 2.75) is 44.1 Å². The van der Waals surface area contributed by atoms with E-state index in [1.807, 2.05) is 6.07 Å². The largest absolute Gasteiger partial charge is 0.384 e. The molecule has 0 amide bonds. The second-order valence-corrected chi connectivity index (χ2v) is 5.39. The highest BCUT2D eigenvalue weighted by molar-refractivity contribution is 5.72. The molecule has 1 saturated carbocycles. The van der Waals surface area contributed by atoms with Crippen LogP contribution in [0.2, 0.25) is 0 Å². The molecule has 5 N–H and O–H groups in total. The molecule has 2 aromatic heterocycles. The molecular formula is C13H19N5. The van der Waals surface area contributed by atoms with Gasteiger partial charge in [0.05, 0.1) is 5.52 Å². The van der Waals surface area contributed by atoms with Crippen LogP contribution in [0.15, 0.2) is 12.1 Å². The number of nitrogen functional groups attached to an aromatic ring is 1. The first kappa shape index (κ1) is 11.5. The molecule has 0 bridgehead atoms. The van der Waals surface area contributed by atoms with Crippen molar-refractivity contribution in [3.63, 3.8) is 0 Å². The van der Waals surface area contributed by atoms with Gasteiger partial charge < -0.3 is 16.5 Å². The molecule has 0 aromatic carbocycles. The summed E-state index contributed by atoms with van der Waals surface area (Å²) >= 11 is 0. The monoisotopic (exact) mass is 245 g/mol. The SMILES string of the molecule is Nc1ccc2[nH]c(CC3(N)CCCCC3)nc2n1. The number of nitrogens with two attached hydrogens (primary N) is 2. The molecular weight excluding hydrogens is 226 g/mol. The van der Waals surface area contributed by atoms with E-state index >= 15 is 0 Å². The first-order valence-electron chi connectivity index (χ1n) is 6.55. The normalized spacial score (nSPS) is 19.2. The predicted octanol–water partition coefficient (Wildman–Crippen LogP) is 1.74. The summed E-state index contributed by atoms with van der Waals surface area (Å²) in [6, 6.07) is 3.70. The number of nitrogens with zero attached hydrogens (tertiary/aromatic N) is 2. The second-order valence-electron chi connectivity index (χ2n) is 5.39. The van der Waals surface area contributed by atoms with E-state index in [0.717, 1.165) is 30.6 Å². The number of pyridine rings is 1. The van der Waals surface area contributed by atoms with Gasteiger partial charge >= 0.3 is 0 Å². The highest BCUT2D eigenvalue weighted by Gasteiger charge is 2.28. The lowest BCUT2D eigenvalue weighted by atomic mass is 9.80. The van der Waals surface area contributed by atoms with Gasteiger partial charge in [0.1, 0.15) is 11.6 Å². The van der Waals surface area contributed by atoms with E-state index in [1.54, 1.807) is 6.07 Å². The van der Waals surface area contributed by atoms with Crippen molar-refractivity contribution in [3.8, 4) is 0 Å². The standard InChI is InChI=1S/C13H19N5/c14-10-5-4-9-12(17-10)18-11(16-9)8-13(15)6-2-1-3-7-13/h4-5H,1-3,6-8,15H2,(H3,14,16,17,18). The third-order valence-electron chi connectivity index (χ3n) is 3.79. The van der Waals surface area contributed by atoms with Crippen LogP contribution in [-0.4, -0.2) is 20.5 Å². The molecule has 5 nitrogen and oxygen atoms in total. The van der Waals surface area contributed by atoms with Crippen molar-refractivity contribution in [2.24, 2.45) is 5.73 Å². The minimum Gasteiger partial charge on any atom is -0.384 e. The van der Waals surface area contributed by atoms with Crippen molar-refractivity contribution in [2.75, 3.05) is 5.73 Å². The van der Waals surface area contributed by atoms with E-state index < -0.39 is 0 Å². The smallest absolute Gasteiger partial charge is 0.179 e. The lowest BCUT2D eigenvalue weighted by Crippen LogP contribution is -2.44. The zero-order chi connectivity index (χ0) is 12.6. The van der Waals surface area contributed by atoms with Crippen LogP contribution in [0.1, 0.15) is 37.9 Å². The number of H-pyrrole nitrogens is 1. The molecule has 1 aliphatic carbocycles. The number of rotatable bonds is 2. The summed E-state index contributed by atoms with van der Waals surface area (Å²) in [4.78, 5) is 12.0. The zero-order valence-electron chi connectivity index (χ0n) is 10.4. The summed E-state index contributed by atoms with van der Waals surface area (Å²) in [6.45, 7) is 0. The van der Waals surface area contributed by atoms with Gasteiger partial charge in [-0.15, -0.1) is 0 Å². The predicted molar refractivity (Wildman–Crippen MR) is 72.0 cm³/mol. The van der Waals surface area contributed by atoms with E-state index in [1.165, 1.54) is 19.3 Å². The van der Waals surface area contributed by atoms with Crippen LogP contribution in [-0.2, 0) is 6.42 Å². The number of hydrogen-bond donors (Lipinski definition) is 3. The van der Waals surface area contributed by atoms with Crippen LogP contribution in [0.25, 0.3) is 11.2 Å². The first-order valence-corrected chi connectivity index (χ1v) is 6.55. The Hall–Kier alpha value is -1.62. The summed E-state index contributed by atoms with van der Waals surface area (Å²) in [5.41, 5.74) is 13.6. The molecule has 5 heteroatoms. The van der Waals surface area contributed by atoms with E-state index in [9.17, 15) is 0 Å². The van der Waals surface area contributed by atoms with Gasteiger partial charge in [0.25, 0.3) is 0 Å². The highest BCUT2D eigenvalue weighted by atomic mass is 15.0. The Balaban J connectivity index is 1.86. The van der Waals surface area contributed by atoms with Crippen LogP contribution in [0.5, 0.6) is 0 Å². The Morgan fingerprint density at radius 3 is 2.72 bits per heavy atom. The number of anilines is 1. The van der Waals surface area contributed by atoms with Crippen molar-refractivity contribution in [3.05, 3.63) is 18.0 Å².